The summed E-state index contributed by atoms with van der Waals surface area (Å²) in [5, 5.41) is 3.37. The number of nitrogens with zero attached hydrogens (tertiary/aromatic N) is 1. The maximum atomic E-state index is 13.9. The van der Waals surface area contributed by atoms with Crippen LogP contribution < -0.4 is 10.2 Å². The van der Waals surface area contributed by atoms with E-state index in [4.69, 9.17) is 0 Å². The van der Waals surface area contributed by atoms with Gasteiger partial charge in [-0.1, -0.05) is 13.8 Å². The van der Waals surface area contributed by atoms with E-state index in [1.807, 2.05) is 13.0 Å². The summed E-state index contributed by atoms with van der Waals surface area (Å²) in [4.78, 5) is 2.25. The van der Waals surface area contributed by atoms with Crippen molar-refractivity contribution in [3.05, 3.63) is 29.1 Å². The standard InChI is InChI=1S/C16H27FN2/c1-7-12(4)19(6)16-9-11(3)15(17)10-14(16)13(5)18-8-2/h9-10,12-13,18H,7-8H2,1-6H3. The number of hydrogen-bond donors (Lipinski definition) is 1. The topological polar surface area (TPSA) is 15.3 Å². The Labute approximate surface area is 117 Å². The van der Waals surface area contributed by atoms with Crippen LogP contribution in [0.25, 0.3) is 0 Å². The van der Waals surface area contributed by atoms with E-state index >= 15 is 0 Å². The largest absolute Gasteiger partial charge is 0.372 e. The quantitative estimate of drug-likeness (QED) is 0.836. The number of hydrogen-bond acceptors (Lipinski definition) is 2. The molecular formula is C16H27FN2. The monoisotopic (exact) mass is 266 g/mol. The van der Waals surface area contributed by atoms with Crippen molar-refractivity contribution in [2.75, 3.05) is 18.5 Å². The van der Waals surface area contributed by atoms with Gasteiger partial charge in [0.1, 0.15) is 5.82 Å². The van der Waals surface area contributed by atoms with Gasteiger partial charge in [0.25, 0.3) is 0 Å². The van der Waals surface area contributed by atoms with Crippen LogP contribution in [-0.4, -0.2) is 19.6 Å². The van der Waals surface area contributed by atoms with E-state index in [2.05, 4.69) is 45.0 Å². The molecule has 1 aromatic rings. The average molecular weight is 266 g/mol. The molecule has 2 nitrogen and oxygen atoms in total. The van der Waals surface area contributed by atoms with Gasteiger partial charge in [-0.2, -0.15) is 0 Å². The van der Waals surface area contributed by atoms with Crippen molar-refractivity contribution >= 4 is 5.69 Å². The minimum absolute atomic E-state index is 0.124. The van der Waals surface area contributed by atoms with Gasteiger partial charge in [-0.15, -0.1) is 0 Å². The molecule has 108 valence electrons. The molecule has 0 aromatic heterocycles. The molecule has 3 heteroatoms. The first-order valence-corrected chi connectivity index (χ1v) is 7.18. The highest BCUT2D eigenvalue weighted by atomic mass is 19.1. The normalized spacial score (nSPS) is 14.3. The number of aryl methyl sites for hydroxylation is 1. The Hall–Kier alpha value is -1.09. The third-order valence-electron chi connectivity index (χ3n) is 3.92. The summed E-state index contributed by atoms with van der Waals surface area (Å²) in [5.74, 6) is -0.124. The summed E-state index contributed by atoms with van der Waals surface area (Å²) < 4.78 is 13.9. The van der Waals surface area contributed by atoms with Crippen LogP contribution in [0.3, 0.4) is 0 Å². The van der Waals surface area contributed by atoms with Crippen molar-refractivity contribution in [1.82, 2.24) is 5.32 Å². The van der Waals surface area contributed by atoms with E-state index in [0.717, 1.165) is 24.2 Å². The van der Waals surface area contributed by atoms with Crippen molar-refractivity contribution in [2.45, 2.75) is 53.1 Å². The minimum Gasteiger partial charge on any atom is -0.372 e. The summed E-state index contributed by atoms with van der Waals surface area (Å²) in [6.07, 6.45) is 1.07. The van der Waals surface area contributed by atoms with Gasteiger partial charge in [0, 0.05) is 24.8 Å². The Bertz CT molecular complexity index is 417. The van der Waals surface area contributed by atoms with Crippen LogP contribution >= 0.6 is 0 Å². The van der Waals surface area contributed by atoms with Crippen LogP contribution in [0.15, 0.2) is 12.1 Å². The van der Waals surface area contributed by atoms with Gasteiger partial charge >= 0.3 is 0 Å². The summed E-state index contributed by atoms with van der Waals surface area (Å²) in [6.45, 7) is 11.2. The number of anilines is 1. The van der Waals surface area contributed by atoms with Gasteiger partial charge in [0.05, 0.1) is 0 Å². The number of halogens is 1. The first-order valence-electron chi connectivity index (χ1n) is 7.18. The van der Waals surface area contributed by atoms with Crippen molar-refractivity contribution in [3.8, 4) is 0 Å². The Morgan fingerprint density at radius 3 is 2.42 bits per heavy atom. The lowest BCUT2D eigenvalue weighted by Crippen LogP contribution is -2.30. The highest BCUT2D eigenvalue weighted by Crippen LogP contribution is 2.30. The first kappa shape index (κ1) is 16.0. The Morgan fingerprint density at radius 2 is 1.89 bits per heavy atom. The van der Waals surface area contributed by atoms with Gasteiger partial charge < -0.3 is 10.2 Å². The molecule has 0 saturated heterocycles. The third-order valence-corrected chi connectivity index (χ3v) is 3.92. The number of benzene rings is 1. The van der Waals surface area contributed by atoms with Crippen LogP contribution in [0.5, 0.6) is 0 Å². The summed E-state index contributed by atoms with van der Waals surface area (Å²) in [5.41, 5.74) is 2.87. The molecule has 1 rings (SSSR count). The van der Waals surface area contributed by atoms with E-state index in [-0.39, 0.29) is 11.9 Å². The van der Waals surface area contributed by atoms with Gasteiger partial charge in [-0.05, 0) is 57.0 Å². The van der Waals surface area contributed by atoms with Crippen molar-refractivity contribution < 1.29 is 4.39 Å². The lowest BCUT2D eigenvalue weighted by Gasteiger charge is -2.30. The molecule has 0 radical (unpaired) electrons. The Balaban J connectivity index is 3.23. The molecular weight excluding hydrogens is 239 g/mol. The molecule has 0 heterocycles. The molecule has 0 aliphatic heterocycles. The highest BCUT2D eigenvalue weighted by molar-refractivity contribution is 5.57. The van der Waals surface area contributed by atoms with E-state index in [0.29, 0.717) is 11.6 Å². The molecule has 0 fully saturated rings. The van der Waals surface area contributed by atoms with Gasteiger partial charge in [0.2, 0.25) is 0 Å². The predicted octanol–water partition coefficient (Wildman–Crippen LogP) is 4.04. The van der Waals surface area contributed by atoms with Crippen molar-refractivity contribution in [2.24, 2.45) is 0 Å². The van der Waals surface area contributed by atoms with Gasteiger partial charge in [-0.25, -0.2) is 4.39 Å². The molecule has 0 spiro atoms. The van der Waals surface area contributed by atoms with E-state index in [1.165, 1.54) is 0 Å². The predicted molar refractivity (Wildman–Crippen MR) is 81.4 cm³/mol. The minimum atomic E-state index is -0.124. The molecule has 0 aliphatic carbocycles. The van der Waals surface area contributed by atoms with E-state index in [9.17, 15) is 4.39 Å². The molecule has 0 amide bonds. The number of nitrogens with one attached hydrogen (secondary N) is 1. The van der Waals surface area contributed by atoms with Crippen LogP contribution in [0.4, 0.5) is 10.1 Å². The first-order chi connectivity index (χ1) is 8.92. The molecule has 1 N–H and O–H groups in total. The summed E-state index contributed by atoms with van der Waals surface area (Å²) in [7, 11) is 2.09. The molecule has 0 saturated carbocycles. The fourth-order valence-corrected chi connectivity index (χ4v) is 2.26. The van der Waals surface area contributed by atoms with Crippen LogP contribution in [0.1, 0.15) is 51.3 Å². The van der Waals surface area contributed by atoms with Crippen molar-refractivity contribution in [1.29, 1.82) is 0 Å². The zero-order chi connectivity index (χ0) is 14.6. The lowest BCUT2D eigenvalue weighted by molar-refractivity contribution is 0.573. The molecule has 1 aromatic carbocycles. The maximum Gasteiger partial charge on any atom is 0.126 e. The second-order valence-corrected chi connectivity index (χ2v) is 5.31. The molecule has 2 unspecified atom stereocenters. The second kappa shape index (κ2) is 6.90. The summed E-state index contributed by atoms with van der Waals surface area (Å²) in [6, 6.07) is 4.24. The second-order valence-electron chi connectivity index (χ2n) is 5.31. The highest BCUT2D eigenvalue weighted by Gasteiger charge is 2.18. The van der Waals surface area contributed by atoms with Crippen LogP contribution in [-0.2, 0) is 0 Å². The smallest absolute Gasteiger partial charge is 0.126 e. The van der Waals surface area contributed by atoms with Crippen LogP contribution in [0.2, 0.25) is 0 Å². The number of rotatable bonds is 6. The fourth-order valence-electron chi connectivity index (χ4n) is 2.26. The SMILES string of the molecule is CCNC(C)c1cc(F)c(C)cc1N(C)C(C)CC. The van der Waals surface area contributed by atoms with Gasteiger partial charge in [0.15, 0.2) is 0 Å². The zero-order valence-electron chi connectivity index (χ0n) is 13.0. The molecule has 19 heavy (non-hydrogen) atoms. The zero-order valence-corrected chi connectivity index (χ0v) is 13.0. The maximum absolute atomic E-state index is 13.9. The van der Waals surface area contributed by atoms with Gasteiger partial charge in [-0.3, -0.25) is 0 Å². The Morgan fingerprint density at radius 1 is 1.26 bits per heavy atom. The van der Waals surface area contributed by atoms with Crippen molar-refractivity contribution in [3.63, 3.8) is 0 Å². The Kier molecular flexibility index (Phi) is 5.80. The lowest BCUT2D eigenvalue weighted by atomic mass is 10.0. The van der Waals surface area contributed by atoms with E-state index < -0.39 is 0 Å². The third kappa shape index (κ3) is 3.69. The average Bonchev–Trinajstić information content (AvgIpc) is 2.39. The van der Waals surface area contributed by atoms with E-state index in [1.54, 1.807) is 6.07 Å². The molecule has 0 bridgehead atoms. The molecule has 0 aliphatic rings. The van der Waals surface area contributed by atoms with Crippen LogP contribution in [0, 0.1) is 12.7 Å². The summed E-state index contributed by atoms with van der Waals surface area (Å²) >= 11 is 0. The molecule has 2 atom stereocenters. The fraction of sp³-hybridized carbons (Fsp3) is 0.625.